The molecule has 1 aromatic carbocycles. The molecule has 0 saturated heterocycles. The van der Waals surface area contributed by atoms with E-state index in [1.807, 2.05) is 13.8 Å². The molecule has 1 amide bonds. The van der Waals surface area contributed by atoms with Gasteiger partial charge in [-0.25, -0.2) is 4.98 Å². The van der Waals surface area contributed by atoms with E-state index < -0.39 is 16.9 Å². The first-order chi connectivity index (χ1) is 13.4. The highest BCUT2D eigenvalue weighted by Gasteiger charge is 2.25. The fourth-order valence-corrected chi connectivity index (χ4v) is 2.31. The van der Waals surface area contributed by atoms with Crippen molar-refractivity contribution in [2.24, 2.45) is 5.92 Å². The highest BCUT2D eigenvalue weighted by molar-refractivity contribution is 5.78. The maximum absolute atomic E-state index is 12.3. The van der Waals surface area contributed by atoms with Gasteiger partial charge in [0.1, 0.15) is 18.1 Å². The second-order valence-electron chi connectivity index (χ2n) is 6.12. The van der Waals surface area contributed by atoms with E-state index in [0.717, 1.165) is 0 Å². The molecule has 2 heterocycles. The lowest BCUT2D eigenvalue weighted by atomic mass is 10.0. The third-order valence-electron chi connectivity index (χ3n) is 3.74. The summed E-state index contributed by atoms with van der Waals surface area (Å²) in [6, 6.07) is 4.92. The molecular formula is C16H17N7O5. The van der Waals surface area contributed by atoms with Crippen LogP contribution in [0.2, 0.25) is 0 Å². The van der Waals surface area contributed by atoms with Crippen LogP contribution in [0.4, 0.5) is 5.69 Å². The van der Waals surface area contributed by atoms with E-state index in [2.05, 4.69) is 30.6 Å². The highest BCUT2D eigenvalue weighted by atomic mass is 16.6. The number of rotatable bonds is 8. The molecule has 0 aliphatic heterocycles. The molecule has 0 aliphatic rings. The Morgan fingerprint density at radius 1 is 1.36 bits per heavy atom. The van der Waals surface area contributed by atoms with Crippen molar-refractivity contribution in [3.05, 3.63) is 46.6 Å². The van der Waals surface area contributed by atoms with Crippen LogP contribution < -0.4 is 10.1 Å². The Labute approximate surface area is 158 Å². The number of H-pyrrole nitrogens is 1. The quantitative estimate of drug-likeness (QED) is 0.432. The van der Waals surface area contributed by atoms with Crippen molar-refractivity contribution in [1.29, 1.82) is 0 Å². The molecule has 12 heteroatoms. The Balaban J connectivity index is 1.61. The first-order valence-corrected chi connectivity index (χ1v) is 8.30. The fourth-order valence-electron chi connectivity index (χ4n) is 2.31. The molecule has 0 saturated carbocycles. The van der Waals surface area contributed by atoms with Gasteiger partial charge in [0, 0.05) is 12.1 Å². The summed E-state index contributed by atoms with van der Waals surface area (Å²) in [7, 11) is 0. The maximum atomic E-state index is 12.3. The smallest absolute Gasteiger partial charge is 0.269 e. The van der Waals surface area contributed by atoms with Crippen molar-refractivity contribution in [1.82, 2.24) is 30.6 Å². The average molecular weight is 387 g/mol. The predicted octanol–water partition coefficient (Wildman–Crippen LogP) is 1.66. The third-order valence-corrected chi connectivity index (χ3v) is 3.74. The van der Waals surface area contributed by atoms with Crippen LogP contribution in [0.25, 0.3) is 11.6 Å². The number of hydrogen-bond donors (Lipinski definition) is 2. The molecule has 146 valence electrons. The molecule has 1 unspecified atom stereocenters. The first-order valence-electron chi connectivity index (χ1n) is 8.30. The van der Waals surface area contributed by atoms with Gasteiger partial charge in [-0.1, -0.05) is 19.0 Å². The van der Waals surface area contributed by atoms with Gasteiger partial charge in [0.2, 0.25) is 11.7 Å². The van der Waals surface area contributed by atoms with E-state index in [0.29, 0.717) is 11.6 Å². The number of nitrogens with one attached hydrogen (secondary N) is 2. The number of carbonyl (C=O) groups is 1. The van der Waals surface area contributed by atoms with Crippen LogP contribution in [-0.4, -0.2) is 42.8 Å². The minimum absolute atomic E-state index is 0.0358. The Bertz CT molecular complexity index is 937. The molecule has 0 aliphatic carbocycles. The van der Waals surface area contributed by atoms with Crippen LogP contribution in [0.1, 0.15) is 25.8 Å². The van der Waals surface area contributed by atoms with Gasteiger partial charge in [-0.2, -0.15) is 10.1 Å². The second-order valence-corrected chi connectivity index (χ2v) is 6.12. The Morgan fingerprint density at radius 3 is 2.71 bits per heavy atom. The number of nitro benzene ring substituents is 1. The topological polar surface area (TPSA) is 162 Å². The molecule has 2 N–H and O–H groups in total. The average Bonchev–Trinajstić information content (AvgIpc) is 3.36. The summed E-state index contributed by atoms with van der Waals surface area (Å²) in [5, 5.41) is 23.6. The Hall–Kier alpha value is -3.83. The van der Waals surface area contributed by atoms with E-state index in [4.69, 9.17) is 9.26 Å². The van der Waals surface area contributed by atoms with E-state index in [9.17, 15) is 14.9 Å². The summed E-state index contributed by atoms with van der Waals surface area (Å²) in [6.45, 7) is 3.50. The van der Waals surface area contributed by atoms with Crippen molar-refractivity contribution in [3.8, 4) is 17.4 Å². The lowest BCUT2D eigenvalue weighted by molar-refractivity contribution is -0.384. The number of aromatic nitrogens is 5. The van der Waals surface area contributed by atoms with Crippen LogP contribution in [0.3, 0.4) is 0 Å². The first kappa shape index (κ1) is 18.9. The normalized spacial score (nSPS) is 12.0. The number of carbonyl (C=O) groups excluding carboxylic acids is 1. The number of nitrogens with zero attached hydrogens (tertiary/aromatic N) is 5. The Kier molecular flexibility index (Phi) is 5.58. The maximum Gasteiger partial charge on any atom is 0.269 e. The molecule has 0 radical (unpaired) electrons. The summed E-state index contributed by atoms with van der Waals surface area (Å²) >= 11 is 0. The predicted molar refractivity (Wildman–Crippen MR) is 94.0 cm³/mol. The number of benzene rings is 1. The van der Waals surface area contributed by atoms with Crippen LogP contribution in [0.5, 0.6) is 5.75 Å². The van der Waals surface area contributed by atoms with Gasteiger partial charge in [0.25, 0.3) is 11.6 Å². The monoisotopic (exact) mass is 387 g/mol. The lowest BCUT2D eigenvalue weighted by Crippen LogP contribution is -2.35. The van der Waals surface area contributed by atoms with Crippen molar-refractivity contribution in [2.45, 2.75) is 19.9 Å². The molecule has 0 spiro atoms. The number of aromatic amines is 1. The zero-order valence-electron chi connectivity index (χ0n) is 15.0. The minimum atomic E-state index is -0.530. The third kappa shape index (κ3) is 4.47. The van der Waals surface area contributed by atoms with Gasteiger partial charge >= 0.3 is 0 Å². The zero-order chi connectivity index (χ0) is 20.1. The molecular weight excluding hydrogens is 370 g/mol. The number of ether oxygens (including phenoxy) is 1. The molecule has 28 heavy (non-hydrogen) atoms. The molecule has 2 aromatic heterocycles. The largest absolute Gasteiger partial charge is 0.484 e. The van der Waals surface area contributed by atoms with Gasteiger partial charge in [0.05, 0.1) is 4.92 Å². The summed E-state index contributed by atoms with van der Waals surface area (Å²) in [5.41, 5.74) is -0.0596. The molecule has 0 fully saturated rings. The van der Waals surface area contributed by atoms with E-state index in [1.165, 1.54) is 30.6 Å². The van der Waals surface area contributed by atoms with Crippen LogP contribution in [0.15, 0.2) is 35.1 Å². The van der Waals surface area contributed by atoms with Gasteiger partial charge in [-0.05, 0) is 18.1 Å². The number of non-ortho nitro benzene ring substituents is 1. The molecule has 0 bridgehead atoms. The van der Waals surface area contributed by atoms with E-state index in [-0.39, 0.29) is 29.9 Å². The van der Waals surface area contributed by atoms with Gasteiger partial charge in [-0.3, -0.25) is 20.0 Å². The van der Waals surface area contributed by atoms with E-state index in [1.54, 1.807) is 0 Å². The highest BCUT2D eigenvalue weighted by Crippen LogP contribution is 2.22. The molecule has 1 atom stereocenters. The van der Waals surface area contributed by atoms with Crippen molar-refractivity contribution in [3.63, 3.8) is 0 Å². The lowest BCUT2D eigenvalue weighted by Gasteiger charge is -2.18. The number of nitro groups is 1. The molecule has 12 nitrogen and oxygen atoms in total. The summed E-state index contributed by atoms with van der Waals surface area (Å²) in [4.78, 5) is 30.6. The van der Waals surface area contributed by atoms with Gasteiger partial charge < -0.3 is 14.6 Å². The Morgan fingerprint density at radius 2 is 2.11 bits per heavy atom. The molecule has 3 aromatic rings. The van der Waals surface area contributed by atoms with E-state index >= 15 is 0 Å². The number of hydrogen-bond acceptors (Lipinski definition) is 9. The molecule has 3 rings (SSSR count). The SMILES string of the molecule is CC(C)C(NC(=O)COc1ccc([N+](=O)[O-])cc1)c1nc(-c2ncn[nH]2)no1. The fraction of sp³-hybridized carbons (Fsp3) is 0.312. The number of amides is 1. The standard InChI is InChI=1S/C16H17N7O5/c1-9(2)13(16-20-15(22-28-16)14-17-8-18-21-14)19-12(24)7-27-11-5-3-10(4-6-11)23(25)26/h3-6,8-9,13H,7H2,1-2H3,(H,19,24)(H,17,18,21). The minimum Gasteiger partial charge on any atom is -0.484 e. The van der Waals surface area contributed by atoms with Crippen molar-refractivity contribution < 1.29 is 19.0 Å². The zero-order valence-corrected chi connectivity index (χ0v) is 15.0. The van der Waals surface area contributed by atoms with Gasteiger partial charge in [-0.15, -0.1) is 0 Å². The van der Waals surface area contributed by atoms with Crippen LogP contribution in [0, 0.1) is 16.0 Å². The van der Waals surface area contributed by atoms with Crippen LogP contribution >= 0.6 is 0 Å². The summed E-state index contributed by atoms with van der Waals surface area (Å²) in [5.74, 6) is 0.708. The van der Waals surface area contributed by atoms with Crippen molar-refractivity contribution in [2.75, 3.05) is 6.61 Å². The summed E-state index contributed by atoms with van der Waals surface area (Å²) in [6.07, 6.45) is 1.32. The van der Waals surface area contributed by atoms with Crippen LogP contribution in [-0.2, 0) is 4.79 Å². The second kappa shape index (κ2) is 8.24. The van der Waals surface area contributed by atoms with Crippen molar-refractivity contribution >= 4 is 11.6 Å². The van der Waals surface area contributed by atoms with Gasteiger partial charge in [0.15, 0.2) is 12.4 Å². The summed E-state index contributed by atoms with van der Waals surface area (Å²) < 4.78 is 10.6.